The summed E-state index contributed by atoms with van der Waals surface area (Å²) in [5, 5.41) is 0.611. The molecule has 0 aliphatic carbocycles. The summed E-state index contributed by atoms with van der Waals surface area (Å²) >= 11 is 5.86. The third-order valence-electron chi connectivity index (χ3n) is 2.07. The monoisotopic (exact) mass is 257 g/mol. The van der Waals surface area contributed by atoms with Gasteiger partial charge in [0.2, 0.25) is 15.0 Å². The number of pyridine rings is 1. The highest BCUT2D eigenvalue weighted by molar-refractivity contribution is 7.90. The number of halogens is 1. The van der Waals surface area contributed by atoms with E-state index in [9.17, 15) is 8.42 Å². The molecule has 16 heavy (non-hydrogen) atoms. The van der Waals surface area contributed by atoms with E-state index >= 15 is 0 Å². The van der Waals surface area contributed by atoms with Gasteiger partial charge in [0.25, 0.3) is 0 Å². The summed E-state index contributed by atoms with van der Waals surface area (Å²) in [5.74, 6) is 0. The molecule has 0 N–H and O–H groups in total. The van der Waals surface area contributed by atoms with Gasteiger partial charge in [-0.2, -0.15) is 0 Å². The smallest absolute Gasteiger partial charge is 0.243 e. The Balaban J connectivity index is 2.86. The van der Waals surface area contributed by atoms with Crippen LogP contribution < -0.4 is 0 Å². The molecule has 2 aromatic rings. The molecular formula is C9H8ClN3O2S. The van der Waals surface area contributed by atoms with Gasteiger partial charge < -0.3 is 0 Å². The maximum absolute atomic E-state index is 11.3. The molecule has 0 radical (unpaired) electrons. The number of rotatable bonds is 1. The van der Waals surface area contributed by atoms with Crippen molar-refractivity contribution in [2.24, 2.45) is 0 Å². The average molecular weight is 258 g/mol. The number of hydrogen-bond donors (Lipinski definition) is 0. The van der Waals surface area contributed by atoms with Crippen molar-refractivity contribution in [2.75, 3.05) is 6.26 Å². The van der Waals surface area contributed by atoms with Crippen LogP contribution in [0.3, 0.4) is 0 Å². The predicted octanol–water partition coefficient (Wildman–Crippen LogP) is 1.39. The van der Waals surface area contributed by atoms with Gasteiger partial charge in [-0.3, -0.25) is 0 Å². The van der Waals surface area contributed by atoms with E-state index in [1.54, 1.807) is 13.1 Å². The molecule has 2 aromatic heterocycles. The topological polar surface area (TPSA) is 72.8 Å². The second-order valence-corrected chi connectivity index (χ2v) is 5.69. The van der Waals surface area contributed by atoms with Crippen LogP contribution in [-0.2, 0) is 9.84 Å². The first-order chi connectivity index (χ1) is 7.39. The van der Waals surface area contributed by atoms with Crippen LogP contribution in [0, 0.1) is 6.92 Å². The quantitative estimate of drug-likeness (QED) is 0.570. The molecule has 84 valence electrons. The van der Waals surface area contributed by atoms with Crippen LogP contribution in [0.25, 0.3) is 10.9 Å². The third-order valence-corrected chi connectivity index (χ3v) is 3.23. The zero-order chi connectivity index (χ0) is 11.9. The van der Waals surface area contributed by atoms with Crippen LogP contribution in [-0.4, -0.2) is 29.6 Å². The van der Waals surface area contributed by atoms with Gasteiger partial charge in [0.05, 0.1) is 10.9 Å². The molecular weight excluding hydrogens is 250 g/mol. The summed E-state index contributed by atoms with van der Waals surface area (Å²) in [4.78, 5) is 11.7. The fraction of sp³-hybridized carbons (Fsp3) is 0.222. The number of aryl methyl sites for hydroxylation is 1. The maximum Gasteiger partial charge on any atom is 0.247 e. The molecule has 0 saturated heterocycles. The SMILES string of the molecule is Cc1cnc(Cl)c2cnc(S(C)(=O)=O)nc12. The summed E-state index contributed by atoms with van der Waals surface area (Å²) in [6.45, 7) is 1.78. The molecule has 0 amide bonds. The number of fused-ring (bicyclic) bond motifs is 1. The fourth-order valence-electron chi connectivity index (χ4n) is 1.28. The van der Waals surface area contributed by atoms with Crippen LogP contribution in [0.1, 0.15) is 5.56 Å². The van der Waals surface area contributed by atoms with Gasteiger partial charge in [-0.15, -0.1) is 0 Å². The van der Waals surface area contributed by atoms with Crippen LogP contribution in [0.5, 0.6) is 0 Å². The number of sulfone groups is 1. The van der Waals surface area contributed by atoms with Crippen LogP contribution in [0.2, 0.25) is 5.15 Å². The largest absolute Gasteiger partial charge is 0.247 e. The van der Waals surface area contributed by atoms with Crippen LogP contribution >= 0.6 is 11.6 Å². The van der Waals surface area contributed by atoms with Crippen molar-refractivity contribution in [2.45, 2.75) is 12.1 Å². The van der Waals surface area contributed by atoms with Crippen LogP contribution in [0.15, 0.2) is 17.6 Å². The highest BCUT2D eigenvalue weighted by atomic mass is 35.5. The first kappa shape index (κ1) is 11.2. The lowest BCUT2D eigenvalue weighted by atomic mass is 10.2. The summed E-state index contributed by atoms with van der Waals surface area (Å²) in [6.07, 6.45) is 3.98. The second kappa shape index (κ2) is 3.64. The van der Waals surface area contributed by atoms with E-state index in [-0.39, 0.29) is 10.3 Å². The number of aromatic nitrogens is 3. The zero-order valence-corrected chi connectivity index (χ0v) is 10.2. The Bertz CT molecular complexity index is 670. The van der Waals surface area contributed by atoms with Gasteiger partial charge in [-0.05, 0) is 12.5 Å². The van der Waals surface area contributed by atoms with Gasteiger partial charge in [0.15, 0.2) is 0 Å². The number of hydrogen-bond acceptors (Lipinski definition) is 5. The molecule has 0 aromatic carbocycles. The average Bonchev–Trinajstić information content (AvgIpc) is 2.22. The number of nitrogens with zero attached hydrogens (tertiary/aromatic N) is 3. The van der Waals surface area contributed by atoms with Gasteiger partial charge in [0, 0.05) is 18.6 Å². The Kier molecular flexibility index (Phi) is 2.55. The highest BCUT2D eigenvalue weighted by Crippen LogP contribution is 2.22. The lowest BCUT2D eigenvalue weighted by Gasteiger charge is -2.03. The van der Waals surface area contributed by atoms with Crippen molar-refractivity contribution in [3.63, 3.8) is 0 Å². The van der Waals surface area contributed by atoms with Crippen molar-refractivity contribution in [1.29, 1.82) is 0 Å². The van der Waals surface area contributed by atoms with E-state index in [1.807, 2.05) is 0 Å². The van der Waals surface area contributed by atoms with Gasteiger partial charge >= 0.3 is 0 Å². The van der Waals surface area contributed by atoms with E-state index in [1.165, 1.54) is 6.20 Å². The first-order valence-electron chi connectivity index (χ1n) is 4.37. The minimum atomic E-state index is -3.41. The molecule has 7 heteroatoms. The lowest BCUT2D eigenvalue weighted by Crippen LogP contribution is -2.04. The summed E-state index contributed by atoms with van der Waals surface area (Å²) in [6, 6.07) is 0. The minimum Gasteiger partial charge on any atom is -0.243 e. The van der Waals surface area contributed by atoms with E-state index < -0.39 is 9.84 Å². The molecule has 0 saturated carbocycles. The third kappa shape index (κ3) is 1.85. The minimum absolute atomic E-state index is 0.203. The summed E-state index contributed by atoms with van der Waals surface area (Å²) in [7, 11) is -3.41. The molecule has 5 nitrogen and oxygen atoms in total. The maximum atomic E-state index is 11.3. The standard InChI is InChI=1S/C9H8ClN3O2S/c1-5-3-11-8(10)6-4-12-9(13-7(5)6)16(2,14)15/h3-4H,1-2H3. The molecule has 2 rings (SSSR count). The van der Waals surface area contributed by atoms with E-state index in [0.717, 1.165) is 11.8 Å². The predicted molar refractivity (Wildman–Crippen MR) is 60.2 cm³/mol. The molecule has 0 atom stereocenters. The van der Waals surface area contributed by atoms with E-state index in [0.29, 0.717) is 10.9 Å². The van der Waals surface area contributed by atoms with Crippen molar-refractivity contribution >= 4 is 32.3 Å². The van der Waals surface area contributed by atoms with E-state index in [2.05, 4.69) is 15.0 Å². The normalized spacial score (nSPS) is 11.9. The van der Waals surface area contributed by atoms with Gasteiger partial charge in [-0.1, -0.05) is 11.6 Å². The van der Waals surface area contributed by atoms with Crippen molar-refractivity contribution in [3.8, 4) is 0 Å². The van der Waals surface area contributed by atoms with Crippen molar-refractivity contribution in [1.82, 2.24) is 15.0 Å². The molecule has 0 aliphatic heterocycles. The Hall–Kier alpha value is -1.27. The Morgan fingerprint density at radius 2 is 1.94 bits per heavy atom. The van der Waals surface area contributed by atoms with Crippen molar-refractivity contribution < 1.29 is 8.42 Å². The molecule has 2 heterocycles. The zero-order valence-electron chi connectivity index (χ0n) is 8.60. The Labute approximate surface area is 97.4 Å². The highest BCUT2D eigenvalue weighted by Gasteiger charge is 2.13. The molecule has 0 fully saturated rings. The second-order valence-electron chi connectivity index (χ2n) is 3.42. The van der Waals surface area contributed by atoms with Gasteiger partial charge in [-0.25, -0.2) is 23.4 Å². The summed E-state index contributed by atoms with van der Waals surface area (Å²) in [5.41, 5.74) is 1.27. The molecule has 0 aliphatic rings. The Morgan fingerprint density at radius 1 is 1.25 bits per heavy atom. The lowest BCUT2D eigenvalue weighted by molar-refractivity contribution is 0.593. The van der Waals surface area contributed by atoms with Crippen molar-refractivity contribution in [3.05, 3.63) is 23.1 Å². The van der Waals surface area contributed by atoms with Gasteiger partial charge in [0.1, 0.15) is 5.15 Å². The molecule has 0 bridgehead atoms. The first-order valence-corrected chi connectivity index (χ1v) is 6.64. The van der Waals surface area contributed by atoms with E-state index in [4.69, 9.17) is 11.6 Å². The summed E-state index contributed by atoms with van der Waals surface area (Å²) < 4.78 is 22.6. The fourth-order valence-corrected chi connectivity index (χ4v) is 1.97. The Morgan fingerprint density at radius 3 is 2.56 bits per heavy atom. The molecule has 0 unspecified atom stereocenters. The molecule has 0 spiro atoms. The van der Waals surface area contributed by atoms with Crippen LogP contribution in [0.4, 0.5) is 0 Å².